The second kappa shape index (κ2) is 9.41. The van der Waals surface area contributed by atoms with Crippen LogP contribution >= 0.6 is 0 Å². The highest BCUT2D eigenvalue weighted by Crippen LogP contribution is 2.42. The fourth-order valence-corrected chi connectivity index (χ4v) is 4.09. The summed E-state index contributed by atoms with van der Waals surface area (Å²) in [5.41, 5.74) is 1.54. The second-order valence-electron chi connectivity index (χ2n) is 8.07. The quantitative estimate of drug-likeness (QED) is 0.421. The number of anilines is 1. The van der Waals surface area contributed by atoms with E-state index in [-0.39, 0.29) is 36.7 Å². The van der Waals surface area contributed by atoms with Gasteiger partial charge in [0.1, 0.15) is 11.9 Å². The lowest BCUT2D eigenvalue weighted by Gasteiger charge is -2.45. The summed E-state index contributed by atoms with van der Waals surface area (Å²) in [5, 5.41) is 6.12. The molecule has 1 fully saturated rings. The van der Waals surface area contributed by atoms with Crippen molar-refractivity contribution in [1.82, 2.24) is 15.2 Å². The Labute approximate surface area is 195 Å². The molecule has 2 aliphatic heterocycles. The summed E-state index contributed by atoms with van der Waals surface area (Å²) in [4.78, 5) is 31.2. The lowest BCUT2D eigenvalue weighted by molar-refractivity contribution is -0.286. The first-order valence-electron chi connectivity index (χ1n) is 11.0. The minimum atomic E-state index is -3.69. The van der Waals surface area contributed by atoms with Gasteiger partial charge in [0.2, 0.25) is 5.91 Å². The maximum absolute atomic E-state index is 13.3. The van der Waals surface area contributed by atoms with Gasteiger partial charge in [-0.1, -0.05) is 6.07 Å². The van der Waals surface area contributed by atoms with E-state index in [0.29, 0.717) is 17.8 Å². The van der Waals surface area contributed by atoms with E-state index >= 15 is 0 Å². The SMILES string of the molecule is CCOC(=O)C1C(Cc2ccnc(NC)c2)C(=O)N1CNC(C)c1ccc2c(c1)OC(F)(F)O2. The van der Waals surface area contributed by atoms with Crippen LogP contribution < -0.4 is 20.1 Å². The van der Waals surface area contributed by atoms with Crippen molar-refractivity contribution in [3.8, 4) is 11.5 Å². The van der Waals surface area contributed by atoms with Crippen molar-refractivity contribution in [2.45, 2.75) is 38.6 Å². The van der Waals surface area contributed by atoms with Gasteiger partial charge < -0.3 is 24.4 Å². The zero-order valence-corrected chi connectivity index (χ0v) is 19.0. The van der Waals surface area contributed by atoms with Crippen molar-refractivity contribution in [1.29, 1.82) is 0 Å². The number of alkyl halides is 2. The van der Waals surface area contributed by atoms with E-state index in [0.717, 1.165) is 5.56 Å². The number of hydrogen-bond acceptors (Lipinski definition) is 8. The molecule has 4 rings (SSSR count). The van der Waals surface area contributed by atoms with Crippen molar-refractivity contribution in [3.63, 3.8) is 0 Å². The Bertz CT molecular complexity index is 1080. The molecule has 3 heterocycles. The van der Waals surface area contributed by atoms with E-state index in [1.165, 1.54) is 17.0 Å². The molecule has 182 valence electrons. The molecule has 2 aromatic rings. The molecular weight excluding hydrogens is 450 g/mol. The second-order valence-corrected chi connectivity index (χ2v) is 8.07. The third-order valence-corrected chi connectivity index (χ3v) is 5.87. The topological polar surface area (TPSA) is 102 Å². The van der Waals surface area contributed by atoms with Gasteiger partial charge >= 0.3 is 12.3 Å². The summed E-state index contributed by atoms with van der Waals surface area (Å²) in [5.74, 6) is -0.608. The maximum atomic E-state index is 13.3. The molecule has 3 unspecified atom stereocenters. The van der Waals surface area contributed by atoms with E-state index in [9.17, 15) is 18.4 Å². The van der Waals surface area contributed by atoms with E-state index in [1.54, 1.807) is 26.2 Å². The van der Waals surface area contributed by atoms with Gasteiger partial charge in [-0.3, -0.25) is 10.1 Å². The van der Waals surface area contributed by atoms with Crippen molar-refractivity contribution < 1.29 is 32.6 Å². The first-order valence-corrected chi connectivity index (χ1v) is 11.0. The summed E-state index contributed by atoms with van der Waals surface area (Å²) >= 11 is 0. The average molecular weight is 476 g/mol. The number of β-lactam (4-membered cyclic amide) rings is 1. The van der Waals surface area contributed by atoms with Gasteiger partial charge in [-0.05, 0) is 55.7 Å². The third-order valence-electron chi connectivity index (χ3n) is 5.87. The summed E-state index contributed by atoms with van der Waals surface area (Å²) in [6, 6.07) is 7.09. The van der Waals surface area contributed by atoms with Crippen molar-refractivity contribution in [3.05, 3.63) is 47.7 Å². The zero-order valence-electron chi connectivity index (χ0n) is 19.0. The summed E-state index contributed by atoms with van der Waals surface area (Å²) < 4.78 is 40.7. The number of nitrogens with one attached hydrogen (secondary N) is 2. The number of pyridine rings is 1. The lowest BCUT2D eigenvalue weighted by atomic mass is 9.82. The van der Waals surface area contributed by atoms with Crippen LogP contribution in [0.25, 0.3) is 0 Å². The van der Waals surface area contributed by atoms with Gasteiger partial charge in [-0.25, -0.2) is 9.78 Å². The Morgan fingerprint density at radius 2 is 2.03 bits per heavy atom. The van der Waals surface area contributed by atoms with Crippen molar-refractivity contribution in [2.75, 3.05) is 25.6 Å². The molecule has 1 aromatic heterocycles. The van der Waals surface area contributed by atoms with E-state index < -0.39 is 24.2 Å². The highest BCUT2D eigenvalue weighted by atomic mass is 19.3. The molecule has 0 bridgehead atoms. The minimum Gasteiger partial charge on any atom is -0.464 e. The number of halogens is 2. The van der Waals surface area contributed by atoms with Crippen molar-refractivity contribution in [2.24, 2.45) is 5.92 Å². The van der Waals surface area contributed by atoms with Gasteiger partial charge in [0.25, 0.3) is 0 Å². The van der Waals surface area contributed by atoms with Gasteiger partial charge in [-0.15, -0.1) is 8.78 Å². The van der Waals surface area contributed by atoms with Crippen LogP contribution in [0, 0.1) is 5.92 Å². The number of ether oxygens (including phenoxy) is 3. The molecule has 34 heavy (non-hydrogen) atoms. The largest absolute Gasteiger partial charge is 0.586 e. The van der Waals surface area contributed by atoms with Crippen LogP contribution in [0.15, 0.2) is 36.5 Å². The Balaban J connectivity index is 1.42. The van der Waals surface area contributed by atoms with E-state index in [4.69, 9.17) is 4.74 Å². The fraction of sp³-hybridized carbons (Fsp3) is 0.435. The fourth-order valence-electron chi connectivity index (χ4n) is 4.09. The molecule has 11 heteroatoms. The highest BCUT2D eigenvalue weighted by Gasteiger charge is 2.52. The number of fused-ring (bicyclic) bond motifs is 1. The Morgan fingerprint density at radius 3 is 2.76 bits per heavy atom. The maximum Gasteiger partial charge on any atom is 0.586 e. The smallest absolute Gasteiger partial charge is 0.464 e. The van der Waals surface area contributed by atoms with Crippen LogP contribution in [-0.4, -0.2) is 54.4 Å². The first kappa shape index (κ1) is 23.7. The molecule has 1 amide bonds. The van der Waals surface area contributed by atoms with Gasteiger partial charge in [0.05, 0.1) is 19.2 Å². The van der Waals surface area contributed by atoms with Crippen molar-refractivity contribution >= 4 is 17.7 Å². The Hall–Kier alpha value is -3.47. The normalized spacial score (nSPS) is 21.1. The molecule has 0 aliphatic carbocycles. The summed E-state index contributed by atoms with van der Waals surface area (Å²) in [7, 11) is 1.75. The van der Waals surface area contributed by atoms with Gasteiger partial charge in [0, 0.05) is 19.3 Å². The molecule has 0 radical (unpaired) electrons. The average Bonchev–Trinajstić information content (AvgIpc) is 3.13. The number of rotatable bonds is 9. The van der Waals surface area contributed by atoms with Crippen LogP contribution in [0.2, 0.25) is 0 Å². The number of hydrogen-bond donors (Lipinski definition) is 2. The van der Waals surface area contributed by atoms with Crippen LogP contribution in [0.3, 0.4) is 0 Å². The van der Waals surface area contributed by atoms with Crippen LogP contribution in [0.1, 0.15) is 31.0 Å². The van der Waals surface area contributed by atoms with E-state index in [2.05, 4.69) is 25.1 Å². The molecular formula is C23H26F2N4O5. The molecule has 1 aromatic carbocycles. The number of likely N-dealkylation sites (tertiary alicyclic amines) is 1. The Kier molecular flexibility index (Phi) is 6.56. The van der Waals surface area contributed by atoms with Crippen LogP contribution in [0.5, 0.6) is 11.5 Å². The number of esters is 1. The molecule has 0 saturated carbocycles. The van der Waals surface area contributed by atoms with E-state index in [1.807, 2.05) is 19.1 Å². The number of amides is 1. The predicted molar refractivity (Wildman–Crippen MR) is 117 cm³/mol. The Morgan fingerprint density at radius 1 is 1.26 bits per heavy atom. The molecule has 2 aliphatic rings. The van der Waals surface area contributed by atoms with Crippen LogP contribution in [-0.2, 0) is 20.7 Å². The highest BCUT2D eigenvalue weighted by molar-refractivity contribution is 5.97. The van der Waals surface area contributed by atoms with Gasteiger partial charge in [-0.2, -0.15) is 0 Å². The predicted octanol–water partition coefficient (Wildman–Crippen LogP) is 2.69. The molecule has 0 spiro atoms. The molecule has 3 atom stereocenters. The number of nitrogens with zero attached hydrogens (tertiary/aromatic N) is 2. The molecule has 9 nitrogen and oxygen atoms in total. The molecule has 1 saturated heterocycles. The third kappa shape index (κ3) is 4.74. The summed E-state index contributed by atoms with van der Waals surface area (Å²) in [6.45, 7) is 3.81. The lowest BCUT2D eigenvalue weighted by Crippen LogP contribution is -2.67. The standard InChI is InChI=1S/C23H26F2N4O5/c1-4-32-22(31)20-16(9-14-7-8-27-19(10-14)26-3)21(30)29(20)12-28-13(2)15-5-6-17-18(11-15)34-23(24,25)33-17/h5-8,10-11,13,16,20,28H,4,9,12H2,1-3H3,(H,26,27). The van der Waals surface area contributed by atoms with Gasteiger partial charge in [0.15, 0.2) is 11.5 Å². The summed E-state index contributed by atoms with van der Waals surface area (Å²) in [6.07, 6.45) is -1.67. The first-order chi connectivity index (χ1) is 16.2. The molecule has 2 N–H and O–H groups in total. The van der Waals surface area contributed by atoms with Crippen LogP contribution in [0.4, 0.5) is 14.6 Å². The zero-order chi connectivity index (χ0) is 24.5. The number of carbonyl (C=O) groups excluding carboxylic acids is 2. The monoisotopic (exact) mass is 476 g/mol. The number of carbonyl (C=O) groups is 2. The number of aromatic nitrogens is 1. The number of benzene rings is 1. The minimum absolute atomic E-state index is 0.0402.